The van der Waals surface area contributed by atoms with Crippen molar-refractivity contribution < 1.29 is 44.8 Å². The molecule has 3 amide bonds. The lowest BCUT2D eigenvalue weighted by atomic mass is 9.75. The van der Waals surface area contributed by atoms with E-state index in [9.17, 15) is 40.3 Å². The fraction of sp³-hybridized carbons (Fsp3) is 0.542. The minimum atomic E-state index is -4.61. The molecule has 4 heterocycles. The Morgan fingerprint density at radius 2 is 1.95 bits per heavy atom. The zero-order valence-corrected chi connectivity index (χ0v) is 21.2. The number of carbonyl (C=O) groups excluding carboxylic acids is 2. The zero-order valence-electron chi connectivity index (χ0n) is 21.2. The van der Waals surface area contributed by atoms with Crippen molar-refractivity contribution >= 4 is 17.6 Å². The van der Waals surface area contributed by atoms with Crippen molar-refractivity contribution in [2.45, 2.75) is 69.1 Å². The number of hydrogen-bond acceptors (Lipinski definition) is 6. The molecule has 2 fully saturated rings. The summed E-state index contributed by atoms with van der Waals surface area (Å²) in [5.74, 6) is -5.64. The van der Waals surface area contributed by atoms with Gasteiger partial charge in [0.05, 0.1) is 37.0 Å². The second-order valence-electron chi connectivity index (χ2n) is 10.3. The molecule has 2 aliphatic rings. The molecule has 1 saturated carbocycles. The number of halogens is 7. The van der Waals surface area contributed by atoms with E-state index in [0.29, 0.717) is 5.56 Å². The highest BCUT2D eigenvalue weighted by atomic mass is 19.4. The number of nitrogens with one attached hydrogen (secondary N) is 1. The second-order valence-corrected chi connectivity index (χ2v) is 10.3. The molecule has 0 unspecified atom stereocenters. The average Bonchev–Trinajstić information content (AvgIpc) is 3.57. The number of alkyl halides is 7. The molecule has 1 aliphatic heterocycles. The summed E-state index contributed by atoms with van der Waals surface area (Å²) in [6.07, 6.45) is -6.52. The molecule has 41 heavy (non-hydrogen) atoms. The minimum Gasteiger partial charge on any atom is -0.365 e. The number of rotatable bonds is 8. The molecule has 3 aromatic heterocycles. The highest BCUT2D eigenvalue weighted by Crippen LogP contribution is 2.46. The number of amides is 3. The van der Waals surface area contributed by atoms with Crippen molar-refractivity contribution in [2.75, 3.05) is 6.54 Å². The summed E-state index contributed by atoms with van der Waals surface area (Å²) >= 11 is 0. The first-order valence-corrected chi connectivity index (χ1v) is 12.6. The van der Waals surface area contributed by atoms with Crippen molar-refractivity contribution in [2.24, 2.45) is 11.7 Å². The van der Waals surface area contributed by atoms with Crippen LogP contribution < -0.4 is 11.1 Å². The van der Waals surface area contributed by atoms with Gasteiger partial charge in [-0.15, -0.1) is 0 Å². The summed E-state index contributed by atoms with van der Waals surface area (Å²) in [5.41, 5.74) is 5.54. The summed E-state index contributed by atoms with van der Waals surface area (Å²) in [5, 5.41) is 9.70. The fourth-order valence-corrected chi connectivity index (χ4v) is 5.39. The van der Waals surface area contributed by atoms with Gasteiger partial charge >= 0.3 is 12.2 Å². The van der Waals surface area contributed by atoms with E-state index in [1.54, 1.807) is 0 Å². The molecule has 1 saturated heterocycles. The summed E-state index contributed by atoms with van der Waals surface area (Å²) in [4.78, 5) is 29.8. The Bertz CT molecular complexity index is 1440. The molecular formula is C24H24F7N7O3. The molecule has 17 heteroatoms. The molecule has 3 N–H and O–H groups in total. The van der Waals surface area contributed by atoms with Gasteiger partial charge in [0.2, 0.25) is 12.3 Å². The molecule has 10 nitrogen and oxygen atoms in total. The molecule has 1 aliphatic carbocycles. The van der Waals surface area contributed by atoms with Crippen LogP contribution in [0.3, 0.4) is 0 Å². The van der Waals surface area contributed by atoms with E-state index >= 15 is 0 Å². The van der Waals surface area contributed by atoms with E-state index in [4.69, 9.17) is 10.3 Å². The van der Waals surface area contributed by atoms with Crippen LogP contribution in [0, 0.1) is 5.92 Å². The van der Waals surface area contributed by atoms with Crippen LogP contribution in [0.5, 0.6) is 0 Å². The van der Waals surface area contributed by atoms with E-state index < -0.39 is 74.1 Å². The SMILES string of the molecule is NC(=O)c1c(CC(F)F)noc1[C@H](c1cn2ncc(CN3C[C@@H](C(F)(F)F)NC3=O)cc2n1)C1CCC(F)(F)CC1. The lowest BCUT2D eigenvalue weighted by molar-refractivity contribution is -0.149. The first-order valence-electron chi connectivity index (χ1n) is 12.6. The standard InChI is InChI=1S/C24H24F7N7O3/c25-16(26)6-13-19(21(32)39)20(41-36-13)18(12-1-3-23(27,28)4-2-12)14-9-38-17(34-14)5-11(7-33-38)8-37-10-15(24(29,30)31)35-22(37)40/h5,7,9,12,15-16,18H,1-4,6,8,10H2,(H2,32,39)(H,35,40)/t15-,18-/m0/s1. The number of primary amides is 1. The Labute approximate surface area is 227 Å². The maximum Gasteiger partial charge on any atom is 0.410 e. The number of urea groups is 1. The first-order chi connectivity index (χ1) is 19.2. The largest absolute Gasteiger partial charge is 0.410 e. The molecule has 0 aromatic carbocycles. The van der Waals surface area contributed by atoms with E-state index in [1.807, 2.05) is 5.32 Å². The Morgan fingerprint density at radius 3 is 2.56 bits per heavy atom. The lowest BCUT2D eigenvalue weighted by Crippen LogP contribution is -2.40. The van der Waals surface area contributed by atoms with Crippen molar-refractivity contribution in [1.29, 1.82) is 0 Å². The van der Waals surface area contributed by atoms with Gasteiger partial charge < -0.3 is 20.5 Å². The molecule has 2 atom stereocenters. The highest BCUT2D eigenvalue weighted by molar-refractivity contribution is 5.95. The summed E-state index contributed by atoms with van der Waals surface area (Å²) in [7, 11) is 0. The Morgan fingerprint density at radius 1 is 1.24 bits per heavy atom. The number of nitrogens with zero attached hydrogens (tertiary/aromatic N) is 5. The third kappa shape index (κ3) is 5.93. The van der Waals surface area contributed by atoms with Gasteiger partial charge in [-0.25, -0.2) is 31.9 Å². The van der Waals surface area contributed by atoms with Gasteiger partial charge in [-0.1, -0.05) is 5.16 Å². The highest BCUT2D eigenvalue weighted by Gasteiger charge is 2.47. The van der Waals surface area contributed by atoms with Crippen LogP contribution in [-0.4, -0.2) is 67.7 Å². The number of imidazole rings is 1. The third-order valence-electron chi connectivity index (χ3n) is 7.37. The van der Waals surface area contributed by atoms with Gasteiger partial charge in [-0.2, -0.15) is 18.3 Å². The monoisotopic (exact) mass is 591 g/mol. The second kappa shape index (κ2) is 10.5. The van der Waals surface area contributed by atoms with Gasteiger partial charge in [0.25, 0.3) is 5.91 Å². The van der Waals surface area contributed by atoms with Crippen LogP contribution >= 0.6 is 0 Å². The average molecular weight is 591 g/mol. The minimum absolute atomic E-state index is 0.00224. The lowest BCUT2D eigenvalue weighted by Gasteiger charge is -2.32. The Hall–Kier alpha value is -3.92. The first kappa shape index (κ1) is 28.6. The van der Waals surface area contributed by atoms with Gasteiger partial charge in [0, 0.05) is 19.4 Å². The van der Waals surface area contributed by atoms with Crippen LogP contribution in [-0.2, 0) is 13.0 Å². The molecule has 0 radical (unpaired) electrons. The van der Waals surface area contributed by atoms with E-state index in [0.717, 1.165) is 4.90 Å². The van der Waals surface area contributed by atoms with E-state index in [1.165, 1.54) is 23.0 Å². The fourth-order valence-electron chi connectivity index (χ4n) is 5.39. The molecule has 5 rings (SSSR count). The van der Waals surface area contributed by atoms with E-state index in [2.05, 4.69) is 15.2 Å². The van der Waals surface area contributed by atoms with Crippen LogP contribution in [0.2, 0.25) is 0 Å². The predicted octanol–water partition coefficient (Wildman–Crippen LogP) is 4.04. The van der Waals surface area contributed by atoms with Gasteiger partial charge in [0.1, 0.15) is 17.3 Å². The maximum absolute atomic E-state index is 14.0. The van der Waals surface area contributed by atoms with Crippen LogP contribution in [0.1, 0.15) is 64.7 Å². The predicted molar refractivity (Wildman–Crippen MR) is 125 cm³/mol. The van der Waals surface area contributed by atoms with Crippen molar-refractivity contribution in [1.82, 2.24) is 30.0 Å². The van der Waals surface area contributed by atoms with Crippen LogP contribution in [0.25, 0.3) is 5.65 Å². The maximum atomic E-state index is 14.0. The number of carbonyl (C=O) groups is 2. The van der Waals surface area contributed by atoms with Gasteiger partial charge in [-0.05, 0) is 30.4 Å². The number of hydrogen-bond donors (Lipinski definition) is 2. The smallest absolute Gasteiger partial charge is 0.365 e. The van der Waals surface area contributed by atoms with Gasteiger partial charge in [-0.3, -0.25) is 4.79 Å². The normalized spacial score (nSPS) is 20.6. The van der Waals surface area contributed by atoms with Crippen molar-refractivity contribution in [3.05, 3.63) is 46.7 Å². The summed E-state index contributed by atoms with van der Waals surface area (Å²) < 4.78 is 100.0. The Kier molecular flexibility index (Phi) is 7.31. The van der Waals surface area contributed by atoms with Crippen molar-refractivity contribution in [3.63, 3.8) is 0 Å². The molecule has 0 bridgehead atoms. The van der Waals surface area contributed by atoms with Gasteiger partial charge in [0.15, 0.2) is 11.4 Å². The number of nitrogens with two attached hydrogens (primary N) is 1. The molecule has 3 aromatic rings. The molecule has 222 valence electrons. The molecular weight excluding hydrogens is 567 g/mol. The van der Waals surface area contributed by atoms with E-state index in [-0.39, 0.29) is 47.7 Å². The number of fused-ring (bicyclic) bond motifs is 1. The summed E-state index contributed by atoms with van der Waals surface area (Å²) in [6, 6.07) is -1.42. The zero-order chi connectivity index (χ0) is 29.7. The number of aromatic nitrogens is 4. The topological polar surface area (TPSA) is 132 Å². The van der Waals surface area contributed by atoms with Crippen molar-refractivity contribution in [3.8, 4) is 0 Å². The third-order valence-corrected chi connectivity index (χ3v) is 7.37. The van der Waals surface area contributed by atoms with Crippen LogP contribution in [0.15, 0.2) is 23.0 Å². The van der Waals surface area contributed by atoms with Crippen LogP contribution in [0.4, 0.5) is 35.5 Å². The molecule has 0 spiro atoms. The quantitative estimate of drug-likeness (QED) is 0.381. The Balaban J connectivity index is 1.49. The summed E-state index contributed by atoms with van der Waals surface area (Å²) in [6.45, 7) is -0.792.